The lowest BCUT2D eigenvalue weighted by molar-refractivity contribution is 0.141. The van der Waals surface area contributed by atoms with Crippen LogP contribution in [0.1, 0.15) is 38.7 Å². The van der Waals surface area contributed by atoms with Crippen LogP contribution in [0.25, 0.3) is 11.0 Å². The molecule has 34 heavy (non-hydrogen) atoms. The number of sulfonamides is 1. The molecule has 0 bridgehead atoms. The number of hydrogen-bond acceptors (Lipinski definition) is 5. The highest BCUT2D eigenvalue weighted by Gasteiger charge is 2.29. The fourth-order valence-corrected chi connectivity index (χ4v) is 6.96. The van der Waals surface area contributed by atoms with E-state index in [1.165, 1.54) is 17.8 Å². The van der Waals surface area contributed by atoms with E-state index in [4.69, 9.17) is 9.72 Å². The number of benzene rings is 2. The molecule has 1 atom stereocenters. The quantitative estimate of drug-likeness (QED) is 0.276. The van der Waals surface area contributed by atoms with Crippen LogP contribution in [0.4, 0.5) is 4.39 Å². The highest BCUT2D eigenvalue weighted by atomic mass is 32.2. The predicted molar refractivity (Wildman–Crippen MR) is 134 cm³/mol. The normalized spacial score (nSPS) is 17.4. The summed E-state index contributed by atoms with van der Waals surface area (Å²) in [5, 5.41) is 0.746. The molecule has 0 amide bonds. The van der Waals surface area contributed by atoms with Crippen LogP contribution in [-0.2, 0) is 27.1 Å². The standard InChI is InChI=1S/C25H32FN3O3S2/c1-3-32-15-7-14-29-24-12-11-21(34(30,31)28-13-6-8-19(2)17-28)16-23(24)27-25(29)33-18-20-9-4-5-10-22(20)26/h4-5,9-12,16,19H,3,6-8,13-15,17-18H2,1-2H3. The Morgan fingerprint density at radius 2 is 2.06 bits per heavy atom. The average Bonchev–Trinajstić information content (AvgIpc) is 3.18. The third-order valence-corrected chi connectivity index (χ3v) is 9.02. The molecule has 9 heteroatoms. The van der Waals surface area contributed by atoms with Gasteiger partial charge in [-0.05, 0) is 61.9 Å². The summed E-state index contributed by atoms with van der Waals surface area (Å²) < 4.78 is 49.9. The number of nitrogens with zero attached hydrogens (tertiary/aromatic N) is 3. The number of thioether (sulfide) groups is 1. The maximum absolute atomic E-state index is 14.1. The Morgan fingerprint density at radius 3 is 2.82 bits per heavy atom. The zero-order valence-corrected chi connectivity index (χ0v) is 21.4. The number of ether oxygens (including phenoxy) is 1. The summed E-state index contributed by atoms with van der Waals surface area (Å²) >= 11 is 1.46. The van der Waals surface area contributed by atoms with Gasteiger partial charge >= 0.3 is 0 Å². The number of fused-ring (bicyclic) bond motifs is 1. The van der Waals surface area contributed by atoms with Gasteiger partial charge in [0.2, 0.25) is 10.0 Å². The Balaban J connectivity index is 1.64. The average molecular weight is 506 g/mol. The Kier molecular flexibility index (Phi) is 8.29. The molecule has 1 unspecified atom stereocenters. The summed E-state index contributed by atoms with van der Waals surface area (Å²) in [7, 11) is -3.57. The molecule has 184 valence electrons. The monoisotopic (exact) mass is 505 g/mol. The Bertz CT molecular complexity index is 1230. The number of imidazole rings is 1. The van der Waals surface area contributed by atoms with Gasteiger partial charge in [-0.3, -0.25) is 0 Å². The highest BCUT2D eigenvalue weighted by molar-refractivity contribution is 7.98. The molecule has 1 aliphatic heterocycles. The lowest BCUT2D eigenvalue weighted by Gasteiger charge is -2.30. The van der Waals surface area contributed by atoms with Gasteiger partial charge in [0.25, 0.3) is 0 Å². The molecule has 3 aromatic rings. The van der Waals surface area contributed by atoms with Crippen molar-refractivity contribution in [3.63, 3.8) is 0 Å². The molecule has 2 aromatic carbocycles. The highest BCUT2D eigenvalue weighted by Crippen LogP contribution is 2.31. The van der Waals surface area contributed by atoms with Gasteiger partial charge in [0.15, 0.2) is 5.16 Å². The minimum Gasteiger partial charge on any atom is -0.382 e. The van der Waals surface area contributed by atoms with E-state index >= 15 is 0 Å². The number of aryl methyl sites for hydroxylation is 1. The third kappa shape index (κ3) is 5.64. The van der Waals surface area contributed by atoms with Crippen LogP contribution in [0.5, 0.6) is 0 Å². The van der Waals surface area contributed by atoms with Crippen molar-refractivity contribution >= 4 is 32.8 Å². The molecular weight excluding hydrogens is 473 g/mol. The van der Waals surface area contributed by atoms with E-state index in [1.807, 2.05) is 19.1 Å². The lowest BCUT2D eigenvalue weighted by atomic mass is 10.0. The SMILES string of the molecule is CCOCCCn1c(SCc2ccccc2F)nc2cc(S(=O)(=O)N3CCCC(C)C3)ccc21. The molecule has 1 aromatic heterocycles. The van der Waals surface area contributed by atoms with Crippen LogP contribution in [-0.4, -0.2) is 48.6 Å². The van der Waals surface area contributed by atoms with Crippen molar-refractivity contribution in [2.24, 2.45) is 5.92 Å². The maximum Gasteiger partial charge on any atom is 0.243 e. The lowest BCUT2D eigenvalue weighted by Crippen LogP contribution is -2.39. The van der Waals surface area contributed by atoms with Crippen molar-refractivity contribution in [2.75, 3.05) is 26.3 Å². The van der Waals surface area contributed by atoms with Crippen LogP contribution in [0.2, 0.25) is 0 Å². The summed E-state index contributed by atoms with van der Waals surface area (Å²) in [6.45, 7) is 7.15. The molecule has 4 rings (SSSR count). The van der Waals surface area contributed by atoms with E-state index in [0.717, 1.165) is 29.9 Å². The number of piperidine rings is 1. The van der Waals surface area contributed by atoms with Crippen molar-refractivity contribution in [1.82, 2.24) is 13.9 Å². The first-order valence-electron chi connectivity index (χ1n) is 11.8. The van der Waals surface area contributed by atoms with Crippen LogP contribution in [0.15, 0.2) is 52.5 Å². The van der Waals surface area contributed by atoms with Gasteiger partial charge in [-0.1, -0.05) is 36.9 Å². The summed E-state index contributed by atoms with van der Waals surface area (Å²) in [6.07, 6.45) is 2.74. The number of aromatic nitrogens is 2. The fourth-order valence-electron chi connectivity index (χ4n) is 4.31. The van der Waals surface area contributed by atoms with Gasteiger partial charge < -0.3 is 9.30 Å². The first-order chi connectivity index (χ1) is 16.4. The minimum atomic E-state index is -3.57. The van der Waals surface area contributed by atoms with Gasteiger partial charge in [0.1, 0.15) is 5.82 Å². The molecule has 0 saturated carbocycles. The second-order valence-corrected chi connectivity index (χ2v) is 11.6. The van der Waals surface area contributed by atoms with Crippen molar-refractivity contribution in [1.29, 1.82) is 0 Å². The number of rotatable bonds is 10. The molecule has 1 fully saturated rings. The van der Waals surface area contributed by atoms with Crippen LogP contribution >= 0.6 is 11.8 Å². The van der Waals surface area contributed by atoms with Gasteiger partial charge in [0, 0.05) is 38.6 Å². The fraction of sp³-hybridized carbons (Fsp3) is 0.480. The van der Waals surface area contributed by atoms with Crippen LogP contribution in [0.3, 0.4) is 0 Å². The van der Waals surface area contributed by atoms with Gasteiger partial charge in [-0.15, -0.1) is 0 Å². The Hall–Kier alpha value is -1.94. The first kappa shape index (κ1) is 25.2. The molecule has 0 N–H and O–H groups in total. The van der Waals surface area contributed by atoms with Crippen molar-refractivity contribution in [3.05, 3.63) is 53.8 Å². The molecule has 0 aliphatic carbocycles. The molecule has 1 aliphatic rings. The first-order valence-corrected chi connectivity index (χ1v) is 14.3. The Morgan fingerprint density at radius 1 is 1.24 bits per heavy atom. The van der Waals surface area contributed by atoms with E-state index in [0.29, 0.717) is 55.6 Å². The van der Waals surface area contributed by atoms with Crippen molar-refractivity contribution < 1.29 is 17.5 Å². The van der Waals surface area contributed by atoms with Crippen LogP contribution < -0.4 is 0 Å². The Labute approximate surface area is 205 Å². The summed E-state index contributed by atoms with van der Waals surface area (Å²) in [4.78, 5) is 5.05. The molecule has 2 heterocycles. The predicted octanol–water partition coefficient (Wildman–Crippen LogP) is 5.31. The topological polar surface area (TPSA) is 64.4 Å². The van der Waals surface area contributed by atoms with E-state index in [-0.39, 0.29) is 10.7 Å². The molecule has 6 nitrogen and oxygen atoms in total. The van der Waals surface area contributed by atoms with Crippen molar-refractivity contribution in [3.8, 4) is 0 Å². The minimum absolute atomic E-state index is 0.238. The third-order valence-electron chi connectivity index (χ3n) is 6.13. The zero-order valence-electron chi connectivity index (χ0n) is 19.7. The summed E-state index contributed by atoms with van der Waals surface area (Å²) in [5.74, 6) is 0.564. The van der Waals surface area contributed by atoms with E-state index in [1.54, 1.807) is 28.6 Å². The number of hydrogen-bond donors (Lipinski definition) is 0. The molecule has 1 saturated heterocycles. The van der Waals surface area contributed by atoms with Gasteiger partial charge in [0.05, 0.1) is 15.9 Å². The largest absolute Gasteiger partial charge is 0.382 e. The smallest absolute Gasteiger partial charge is 0.243 e. The second kappa shape index (κ2) is 11.2. The zero-order chi connectivity index (χ0) is 24.1. The van der Waals surface area contributed by atoms with Gasteiger partial charge in [-0.2, -0.15) is 4.31 Å². The van der Waals surface area contributed by atoms with Crippen LogP contribution in [0, 0.1) is 11.7 Å². The van der Waals surface area contributed by atoms with E-state index < -0.39 is 10.0 Å². The second-order valence-electron chi connectivity index (χ2n) is 8.74. The molecule has 0 spiro atoms. The van der Waals surface area contributed by atoms with Gasteiger partial charge in [-0.25, -0.2) is 17.8 Å². The summed E-state index contributed by atoms with van der Waals surface area (Å²) in [6, 6.07) is 11.9. The van der Waals surface area contributed by atoms with E-state index in [2.05, 4.69) is 11.5 Å². The van der Waals surface area contributed by atoms with E-state index in [9.17, 15) is 12.8 Å². The molecular formula is C25H32FN3O3S2. The number of halogens is 1. The van der Waals surface area contributed by atoms with Crippen molar-refractivity contribution in [2.45, 2.75) is 55.5 Å². The maximum atomic E-state index is 14.1. The summed E-state index contributed by atoms with van der Waals surface area (Å²) in [5.41, 5.74) is 2.12. The molecule has 0 radical (unpaired) electrons.